The molecule has 1 heterocycles. The van der Waals surface area contributed by atoms with E-state index in [0.29, 0.717) is 23.9 Å². The minimum Gasteiger partial charge on any atom is -0.493 e. The number of benzene rings is 2. The minimum atomic E-state index is -0.298. The molecule has 0 spiro atoms. The highest BCUT2D eigenvalue weighted by molar-refractivity contribution is 6.03. The van der Waals surface area contributed by atoms with E-state index in [-0.39, 0.29) is 11.6 Å². The lowest BCUT2D eigenvalue weighted by Gasteiger charge is -2.11. The van der Waals surface area contributed by atoms with Gasteiger partial charge >= 0.3 is 0 Å². The molecule has 7 heteroatoms. The standard InChI is InChI=1S/C21H22N4O3/c1-14-6-4-5-7-16(14)23-21(26)17-9-11-20(25-24-17)22-13-15-8-10-18(27-2)19(12-15)28-3/h4-12H,13H2,1-3H3,(H,22,25)(H,23,26). The molecule has 0 unspecified atom stereocenters. The fourth-order valence-electron chi connectivity index (χ4n) is 2.63. The molecular formula is C21H22N4O3. The van der Waals surface area contributed by atoms with Crippen LogP contribution in [0.4, 0.5) is 11.5 Å². The third-order valence-corrected chi connectivity index (χ3v) is 4.21. The zero-order valence-corrected chi connectivity index (χ0v) is 16.0. The number of nitrogens with one attached hydrogen (secondary N) is 2. The van der Waals surface area contributed by atoms with E-state index in [1.807, 2.05) is 49.4 Å². The lowest BCUT2D eigenvalue weighted by Crippen LogP contribution is -2.15. The molecule has 0 fully saturated rings. The average Bonchev–Trinajstić information content (AvgIpc) is 2.74. The maximum Gasteiger partial charge on any atom is 0.276 e. The number of methoxy groups -OCH3 is 2. The van der Waals surface area contributed by atoms with Crippen LogP contribution < -0.4 is 20.1 Å². The van der Waals surface area contributed by atoms with Crippen molar-refractivity contribution < 1.29 is 14.3 Å². The zero-order chi connectivity index (χ0) is 19.9. The largest absolute Gasteiger partial charge is 0.493 e. The summed E-state index contributed by atoms with van der Waals surface area (Å²) in [4.78, 5) is 12.3. The van der Waals surface area contributed by atoms with Gasteiger partial charge in [-0.2, -0.15) is 0 Å². The fraction of sp³-hybridized carbons (Fsp3) is 0.190. The number of hydrogen-bond acceptors (Lipinski definition) is 6. The molecule has 28 heavy (non-hydrogen) atoms. The van der Waals surface area contributed by atoms with Gasteiger partial charge < -0.3 is 20.1 Å². The Kier molecular flexibility index (Phi) is 6.06. The molecule has 0 saturated heterocycles. The van der Waals surface area contributed by atoms with Crippen LogP contribution >= 0.6 is 0 Å². The Labute approximate surface area is 163 Å². The molecule has 3 rings (SSSR count). The number of para-hydroxylation sites is 1. The van der Waals surface area contributed by atoms with Crippen molar-refractivity contribution in [3.05, 3.63) is 71.4 Å². The Morgan fingerprint density at radius 1 is 0.964 bits per heavy atom. The molecule has 2 aromatic carbocycles. The minimum absolute atomic E-state index is 0.250. The van der Waals surface area contributed by atoms with Gasteiger partial charge in [-0.3, -0.25) is 4.79 Å². The van der Waals surface area contributed by atoms with E-state index in [4.69, 9.17) is 9.47 Å². The number of nitrogens with zero attached hydrogens (tertiary/aromatic N) is 2. The number of rotatable bonds is 7. The molecule has 0 aliphatic carbocycles. The first-order chi connectivity index (χ1) is 13.6. The molecule has 1 amide bonds. The van der Waals surface area contributed by atoms with E-state index >= 15 is 0 Å². The van der Waals surface area contributed by atoms with Crippen molar-refractivity contribution in [1.29, 1.82) is 0 Å². The third kappa shape index (κ3) is 4.56. The van der Waals surface area contributed by atoms with Crippen LogP contribution in [0.5, 0.6) is 11.5 Å². The highest BCUT2D eigenvalue weighted by Gasteiger charge is 2.10. The molecule has 2 N–H and O–H groups in total. The number of aryl methyl sites for hydroxylation is 1. The Hall–Kier alpha value is -3.61. The van der Waals surface area contributed by atoms with Crippen molar-refractivity contribution in [2.45, 2.75) is 13.5 Å². The lowest BCUT2D eigenvalue weighted by atomic mass is 10.2. The van der Waals surface area contributed by atoms with Gasteiger partial charge in [0.1, 0.15) is 5.82 Å². The van der Waals surface area contributed by atoms with Crippen molar-refractivity contribution in [2.75, 3.05) is 24.9 Å². The molecule has 3 aromatic rings. The highest BCUT2D eigenvalue weighted by Crippen LogP contribution is 2.27. The molecule has 0 saturated carbocycles. The number of amides is 1. The molecule has 0 aliphatic rings. The Balaban J connectivity index is 1.61. The first-order valence-electron chi connectivity index (χ1n) is 8.76. The van der Waals surface area contributed by atoms with Crippen molar-refractivity contribution in [3.8, 4) is 11.5 Å². The molecule has 0 atom stereocenters. The van der Waals surface area contributed by atoms with Gasteiger partial charge in [-0.05, 0) is 48.4 Å². The van der Waals surface area contributed by atoms with Gasteiger partial charge in [0, 0.05) is 12.2 Å². The SMILES string of the molecule is COc1ccc(CNc2ccc(C(=O)Nc3ccccc3C)nn2)cc1OC. The summed E-state index contributed by atoms with van der Waals surface area (Å²) >= 11 is 0. The van der Waals surface area contributed by atoms with E-state index < -0.39 is 0 Å². The molecule has 1 aromatic heterocycles. The Morgan fingerprint density at radius 3 is 2.43 bits per heavy atom. The van der Waals surface area contributed by atoms with E-state index in [9.17, 15) is 4.79 Å². The van der Waals surface area contributed by atoms with Gasteiger partial charge in [-0.1, -0.05) is 24.3 Å². The molecule has 0 bridgehead atoms. The number of aromatic nitrogens is 2. The van der Waals surface area contributed by atoms with Crippen LogP contribution in [0.2, 0.25) is 0 Å². The van der Waals surface area contributed by atoms with Gasteiger partial charge in [0.25, 0.3) is 5.91 Å². The van der Waals surface area contributed by atoms with Crippen molar-refractivity contribution in [2.24, 2.45) is 0 Å². The number of anilines is 2. The van der Waals surface area contributed by atoms with Crippen LogP contribution in [0.25, 0.3) is 0 Å². The fourth-order valence-corrected chi connectivity index (χ4v) is 2.63. The van der Waals surface area contributed by atoms with Crippen LogP contribution in [0.1, 0.15) is 21.6 Å². The van der Waals surface area contributed by atoms with Gasteiger partial charge in [0.2, 0.25) is 0 Å². The molecular weight excluding hydrogens is 356 g/mol. The van der Waals surface area contributed by atoms with E-state index in [0.717, 1.165) is 16.8 Å². The van der Waals surface area contributed by atoms with Crippen LogP contribution in [-0.4, -0.2) is 30.3 Å². The van der Waals surface area contributed by atoms with E-state index in [1.54, 1.807) is 26.4 Å². The average molecular weight is 378 g/mol. The summed E-state index contributed by atoms with van der Waals surface area (Å²) in [5.41, 5.74) is 2.99. The van der Waals surface area contributed by atoms with Gasteiger partial charge in [0.15, 0.2) is 17.2 Å². The summed E-state index contributed by atoms with van der Waals surface area (Å²) < 4.78 is 10.5. The molecule has 144 valence electrons. The summed E-state index contributed by atoms with van der Waals surface area (Å²) in [5, 5.41) is 14.1. The lowest BCUT2D eigenvalue weighted by molar-refractivity contribution is 0.102. The van der Waals surface area contributed by atoms with Crippen LogP contribution in [-0.2, 0) is 6.54 Å². The van der Waals surface area contributed by atoms with Crippen molar-refractivity contribution in [1.82, 2.24) is 10.2 Å². The van der Waals surface area contributed by atoms with E-state index in [2.05, 4.69) is 20.8 Å². The highest BCUT2D eigenvalue weighted by atomic mass is 16.5. The smallest absolute Gasteiger partial charge is 0.276 e. The van der Waals surface area contributed by atoms with Gasteiger partial charge in [-0.15, -0.1) is 10.2 Å². The van der Waals surface area contributed by atoms with Gasteiger partial charge in [0.05, 0.1) is 14.2 Å². The van der Waals surface area contributed by atoms with Crippen LogP contribution in [0.15, 0.2) is 54.6 Å². The van der Waals surface area contributed by atoms with Crippen molar-refractivity contribution in [3.63, 3.8) is 0 Å². The quantitative estimate of drug-likeness (QED) is 0.653. The normalized spacial score (nSPS) is 10.2. The second kappa shape index (κ2) is 8.85. The predicted molar refractivity (Wildman–Crippen MR) is 108 cm³/mol. The summed E-state index contributed by atoms with van der Waals surface area (Å²) in [5.74, 6) is 1.61. The number of carbonyl (C=O) groups excluding carboxylic acids is 1. The number of carbonyl (C=O) groups is 1. The number of ether oxygens (including phenoxy) is 2. The maximum absolute atomic E-state index is 12.3. The molecule has 0 aliphatic heterocycles. The second-order valence-electron chi connectivity index (χ2n) is 6.12. The van der Waals surface area contributed by atoms with Crippen molar-refractivity contribution >= 4 is 17.4 Å². The summed E-state index contributed by atoms with van der Waals surface area (Å²) in [6.45, 7) is 2.46. The monoisotopic (exact) mass is 378 g/mol. The summed E-state index contributed by atoms with van der Waals surface area (Å²) in [6.07, 6.45) is 0. The summed E-state index contributed by atoms with van der Waals surface area (Å²) in [6, 6.07) is 16.6. The number of hydrogen-bond donors (Lipinski definition) is 2. The first kappa shape index (κ1) is 19.2. The Morgan fingerprint density at radius 2 is 1.75 bits per heavy atom. The van der Waals surface area contributed by atoms with Crippen LogP contribution in [0, 0.1) is 6.92 Å². The second-order valence-corrected chi connectivity index (χ2v) is 6.12. The molecule has 0 radical (unpaired) electrons. The predicted octanol–water partition coefficient (Wildman–Crippen LogP) is 3.67. The summed E-state index contributed by atoms with van der Waals surface area (Å²) in [7, 11) is 3.20. The third-order valence-electron chi connectivity index (χ3n) is 4.21. The zero-order valence-electron chi connectivity index (χ0n) is 16.0. The van der Waals surface area contributed by atoms with Gasteiger partial charge in [-0.25, -0.2) is 0 Å². The Bertz CT molecular complexity index is 958. The van der Waals surface area contributed by atoms with E-state index in [1.165, 1.54) is 0 Å². The first-order valence-corrected chi connectivity index (χ1v) is 8.76. The molecule has 7 nitrogen and oxygen atoms in total. The van der Waals surface area contributed by atoms with Crippen LogP contribution in [0.3, 0.4) is 0 Å². The topological polar surface area (TPSA) is 85.4 Å². The maximum atomic E-state index is 12.3.